The molecule has 0 amide bonds. The molecule has 1 aromatic rings. The zero-order chi connectivity index (χ0) is 13.2. The molecule has 1 aromatic heterocycles. The summed E-state index contributed by atoms with van der Waals surface area (Å²) in [6, 6.07) is 0.508. The minimum Gasteiger partial charge on any atom is -0.303 e. The topological polar surface area (TPSA) is 24.9 Å². The van der Waals surface area contributed by atoms with Crippen molar-refractivity contribution in [2.45, 2.75) is 65.0 Å². The molecule has 0 radical (unpaired) electrons. The molecule has 1 saturated carbocycles. The molecule has 1 fully saturated rings. The van der Waals surface area contributed by atoms with Crippen molar-refractivity contribution in [1.82, 2.24) is 10.3 Å². The summed E-state index contributed by atoms with van der Waals surface area (Å²) in [5, 5.41) is 7.29. The maximum Gasteiger partial charge on any atom is 0.113 e. The van der Waals surface area contributed by atoms with Crippen LogP contribution in [0.25, 0.3) is 0 Å². The van der Waals surface area contributed by atoms with E-state index in [4.69, 9.17) is 0 Å². The molecule has 1 aliphatic carbocycles. The van der Waals surface area contributed by atoms with Gasteiger partial charge in [0.25, 0.3) is 0 Å². The Kier molecular flexibility index (Phi) is 4.44. The summed E-state index contributed by atoms with van der Waals surface area (Å²) >= 11 is 1.82. The highest BCUT2D eigenvalue weighted by molar-refractivity contribution is 7.09. The van der Waals surface area contributed by atoms with Crippen molar-refractivity contribution >= 4 is 11.3 Å². The Morgan fingerprint density at radius 3 is 2.67 bits per heavy atom. The van der Waals surface area contributed by atoms with Crippen LogP contribution in [0.4, 0.5) is 0 Å². The number of hydrogen-bond donors (Lipinski definition) is 1. The fraction of sp³-hybridized carbons (Fsp3) is 0.800. The van der Waals surface area contributed by atoms with Crippen LogP contribution >= 0.6 is 11.3 Å². The van der Waals surface area contributed by atoms with Crippen molar-refractivity contribution in [1.29, 1.82) is 0 Å². The third kappa shape index (κ3) is 2.62. The van der Waals surface area contributed by atoms with Gasteiger partial charge in [-0.15, -0.1) is 11.3 Å². The molecule has 2 atom stereocenters. The molecule has 0 aliphatic heterocycles. The third-order valence-corrected chi connectivity index (χ3v) is 5.08. The van der Waals surface area contributed by atoms with E-state index in [2.05, 4.69) is 43.4 Å². The van der Waals surface area contributed by atoms with Crippen LogP contribution in [0.1, 0.15) is 58.4 Å². The molecule has 3 heteroatoms. The minimum atomic E-state index is 0.120. The summed E-state index contributed by atoms with van der Waals surface area (Å²) in [5.41, 5.74) is 0.120. The van der Waals surface area contributed by atoms with Crippen molar-refractivity contribution in [2.75, 3.05) is 0 Å². The van der Waals surface area contributed by atoms with E-state index in [9.17, 15) is 0 Å². The first kappa shape index (κ1) is 14.0. The molecule has 0 saturated heterocycles. The second-order valence-corrected chi connectivity index (χ2v) is 7.10. The van der Waals surface area contributed by atoms with Crippen LogP contribution < -0.4 is 5.32 Å². The van der Waals surface area contributed by atoms with Crippen molar-refractivity contribution in [3.05, 3.63) is 16.6 Å². The van der Waals surface area contributed by atoms with Crippen LogP contribution in [0.2, 0.25) is 0 Å². The van der Waals surface area contributed by atoms with E-state index in [0.717, 1.165) is 0 Å². The molecule has 1 aliphatic rings. The van der Waals surface area contributed by atoms with Gasteiger partial charge in [0.05, 0.1) is 5.54 Å². The molecule has 2 unspecified atom stereocenters. The maximum absolute atomic E-state index is 4.65. The average molecular weight is 266 g/mol. The van der Waals surface area contributed by atoms with Gasteiger partial charge in [-0.2, -0.15) is 0 Å². The summed E-state index contributed by atoms with van der Waals surface area (Å²) in [5.74, 6) is 1.42. The van der Waals surface area contributed by atoms with Crippen LogP contribution in [0.15, 0.2) is 11.6 Å². The molecular formula is C15H26N2S. The van der Waals surface area contributed by atoms with Gasteiger partial charge in [-0.25, -0.2) is 4.98 Å². The average Bonchev–Trinajstić information content (AvgIpc) is 2.82. The van der Waals surface area contributed by atoms with E-state index in [1.54, 1.807) is 0 Å². The number of nitrogens with zero attached hydrogens (tertiary/aromatic N) is 1. The molecule has 0 spiro atoms. The second kappa shape index (κ2) is 5.70. The van der Waals surface area contributed by atoms with Gasteiger partial charge in [0.15, 0.2) is 0 Å². The molecule has 2 rings (SSSR count). The maximum atomic E-state index is 4.65. The molecule has 102 valence electrons. The van der Waals surface area contributed by atoms with E-state index in [1.165, 1.54) is 30.7 Å². The van der Waals surface area contributed by atoms with E-state index in [0.29, 0.717) is 17.9 Å². The van der Waals surface area contributed by atoms with Gasteiger partial charge >= 0.3 is 0 Å². The fourth-order valence-electron chi connectivity index (χ4n) is 3.57. The lowest BCUT2D eigenvalue weighted by Gasteiger charge is -2.47. The number of hydrogen-bond acceptors (Lipinski definition) is 3. The number of rotatable bonds is 4. The lowest BCUT2D eigenvalue weighted by Crippen LogP contribution is -2.54. The monoisotopic (exact) mass is 266 g/mol. The minimum absolute atomic E-state index is 0.120. The third-order valence-electron chi connectivity index (χ3n) is 4.13. The van der Waals surface area contributed by atoms with Gasteiger partial charge in [-0.1, -0.05) is 26.7 Å². The number of thiazole rings is 1. The van der Waals surface area contributed by atoms with Crippen LogP contribution in [0.3, 0.4) is 0 Å². The van der Waals surface area contributed by atoms with Crippen molar-refractivity contribution in [3.8, 4) is 0 Å². The quantitative estimate of drug-likeness (QED) is 0.884. The van der Waals surface area contributed by atoms with Crippen LogP contribution in [0.5, 0.6) is 0 Å². The Morgan fingerprint density at radius 2 is 2.11 bits per heavy atom. The first-order valence-electron chi connectivity index (χ1n) is 7.24. The molecule has 18 heavy (non-hydrogen) atoms. The predicted octanol–water partition coefficient (Wildman–Crippen LogP) is 4.18. The lowest BCUT2D eigenvalue weighted by atomic mass is 9.68. The Hall–Kier alpha value is -0.410. The first-order valence-corrected chi connectivity index (χ1v) is 8.12. The Morgan fingerprint density at radius 1 is 1.33 bits per heavy atom. The first-order chi connectivity index (χ1) is 8.56. The van der Waals surface area contributed by atoms with Crippen LogP contribution in [-0.2, 0) is 5.54 Å². The van der Waals surface area contributed by atoms with Crippen molar-refractivity contribution in [2.24, 2.45) is 11.8 Å². The predicted molar refractivity (Wildman–Crippen MR) is 78.9 cm³/mol. The molecule has 0 bridgehead atoms. The van der Waals surface area contributed by atoms with E-state index >= 15 is 0 Å². The highest BCUT2D eigenvalue weighted by Gasteiger charge is 2.45. The largest absolute Gasteiger partial charge is 0.303 e. The summed E-state index contributed by atoms with van der Waals surface area (Å²) in [7, 11) is 0. The molecule has 1 heterocycles. The van der Waals surface area contributed by atoms with Crippen molar-refractivity contribution in [3.63, 3.8) is 0 Å². The van der Waals surface area contributed by atoms with Gasteiger partial charge in [-0.05, 0) is 38.5 Å². The normalized spacial score (nSPS) is 29.1. The zero-order valence-electron chi connectivity index (χ0n) is 12.1. The number of nitrogens with one attached hydrogen (secondary N) is 1. The lowest BCUT2D eigenvalue weighted by molar-refractivity contribution is 0.0910. The summed E-state index contributed by atoms with van der Waals surface area (Å²) in [6.07, 6.45) is 7.21. The molecule has 1 N–H and O–H groups in total. The van der Waals surface area contributed by atoms with Gasteiger partial charge in [-0.3, -0.25) is 0 Å². The van der Waals surface area contributed by atoms with Gasteiger partial charge in [0.1, 0.15) is 5.01 Å². The number of aromatic nitrogens is 1. The van der Waals surface area contributed by atoms with Gasteiger partial charge < -0.3 is 5.32 Å². The standard InChI is InChI=1S/C15H26N2S/c1-11(2)13-7-5-6-8-15(13,17-12(3)4)14-16-9-10-18-14/h9-13,17H,5-8H2,1-4H3. The smallest absolute Gasteiger partial charge is 0.113 e. The SMILES string of the molecule is CC(C)NC1(c2nccs2)CCCCC1C(C)C. The Balaban J connectivity index is 2.38. The molecular weight excluding hydrogens is 240 g/mol. The van der Waals surface area contributed by atoms with E-state index in [1.807, 2.05) is 17.5 Å². The highest BCUT2D eigenvalue weighted by atomic mass is 32.1. The zero-order valence-corrected chi connectivity index (χ0v) is 12.9. The van der Waals surface area contributed by atoms with Crippen molar-refractivity contribution < 1.29 is 0 Å². The summed E-state index contributed by atoms with van der Waals surface area (Å²) in [6.45, 7) is 9.23. The Bertz CT molecular complexity index is 359. The summed E-state index contributed by atoms with van der Waals surface area (Å²) in [4.78, 5) is 4.65. The van der Waals surface area contributed by atoms with E-state index in [-0.39, 0.29) is 5.54 Å². The molecule has 2 nitrogen and oxygen atoms in total. The molecule has 0 aromatic carbocycles. The highest BCUT2D eigenvalue weighted by Crippen LogP contribution is 2.46. The van der Waals surface area contributed by atoms with Gasteiger partial charge in [0, 0.05) is 17.6 Å². The van der Waals surface area contributed by atoms with Crippen LogP contribution in [-0.4, -0.2) is 11.0 Å². The van der Waals surface area contributed by atoms with Gasteiger partial charge in [0.2, 0.25) is 0 Å². The Labute approximate surface area is 115 Å². The summed E-state index contributed by atoms with van der Waals surface area (Å²) < 4.78 is 0. The second-order valence-electron chi connectivity index (χ2n) is 6.20. The van der Waals surface area contributed by atoms with Crippen LogP contribution in [0, 0.1) is 11.8 Å². The van der Waals surface area contributed by atoms with E-state index < -0.39 is 0 Å². The fourth-order valence-corrected chi connectivity index (χ4v) is 4.46.